The van der Waals surface area contributed by atoms with Gasteiger partial charge < -0.3 is 31.3 Å². The first-order valence-electron chi connectivity index (χ1n) is 13.3. The Balaban J connectivity index is 2.04. The highest BCUT2D eigenvalue weighted by atomic mass is 16.4. The van der Waals surface area contributed by atoms with Gasteiger partial charge in [0.1, 0.15) is 6.04 Å². The first kappa shape index (κ1) is 31.7. The molecule has 0 aromatic heterocycles. The lowest BCUT2D eigenvalue weighted by molar-refractivity contribution is -0.137. The van der Waals surface area contributed by atoms with Crippen molar-refractivity contribution in [3.05, 3.63) is 48.0 Å². The molecule has 0 fully saturated rings. The second-order valence-corrected chi connectivity index (χ2v) is 10.6. The summed E-state index contributed by atoms with van der Waals surface area (Å²) < 4.78 is 0. The molecule has 2 aromatic rings. The number of hydrogen-bond donors (Lipinski definition) is 6. The summed E-state index contributed by atoms with van der Waals surface area (Å²) in [5, 5.41) is 40.1. The molecule has 0 heterocycles. The van der Waals surface area contributed by atoms with E-state index in [1.807, 2.05) is 44.2 Å². The topological polar surface area (TPSA) is 165 Å². The molecule has 3 amide bonds. The first-order valence-corrected chi connectivity index (χ1v) is 13.3. The Morgan fingerprint density at radius 2 is 1.54 bits per heavy atom. The molecule has 4 atom stereocenters. The minimum absolute atomic E-state index is 0.0719. The van der Waals surface area contributed by atoms with E-state index in [-0.39, 0.29) is 37.6 Å². The van der Waals surface area contributed by atoms with Crippen molar-refractivity contribution in [1.82, 2.24) is 16.0 Å². The molecule has 0 spiro atoms. The van der Waals surface area contributed by atoms with E-state index in [2.05, 4.69) is 16.0 Å². The monoisotopic (exact) mass is 543 g/mol. The number of hydrogen-bond acceptors (Lipinski definition) is 6. The maximum Gasteiger partial charge on any atom is 0.303 e. The van der Waals surface area contributed by atoms with Crippen LogP contribution in [0.1, 0.15) is 65.0 Å². The Labute approximate surface area is 229 Å². The molecule has 10 nitrogen and oxygen atoms in total. The number of benzene rings is 2. The molecular weight excluding hydrogens is 502 g/mol. The predicted molar refractivity (Wildman–Crippen MR) is 148 cm³/mol. The van der Waals surface area contributed by atoms with Crippen LogP contribution < -0.4 is 16.0 Å². The van der Waals surface area contributed by atoms with E-state index < -0.39 is 48.0 Å². The number of carbonyl (C=O) groups is 4. The van der Waals surface area contributed by atoms with Gasteiger partial charge in [-0.3, -0.25) is 19.2 Å². The highest BCUT2D eigenvalue weighted by Gasteiger charge is 2.30. The number of nitrogens with one attached hydrogen (secondary N) is 3. The van der Waals surface area contributed by atoms with Gasteiger partial charge in [-0.2, -0.15) is 0 Å². The van der Waals surface area contributed by atoms with Crippen molar-refractivity contribution in [2.45, 2.75) is 77.7 Å². The summed E-state index contributed by atoms with van der Waals surface area (Å²) in [5.74, 6) is -2.84. The van der Waals surface area contributed by atoms with Crippen LogP contribution in [0.25, 0.3) is 10.8 Å². The van der Waals surface area contributed by atoms with Crippen molar-refractivity contribution >= 4 is 34.5 Å². The fourth-order valence-electron chi connectivity index (χ4n) is 4.37. The summed E-state index contributed by atoms with van der Waals surface area (Å²) in [6.45, 7) is 7.50. The Morgan fingerprint density at radius 3 is 2.18 bits per heavy atom. The Morgan fingerprint density at radius 1 is 0.872 bits per heavy atom. The summed E-state index contributed by atoms with van der Waals surface area (Å²) in [6.07, 6.45) is -2.55. The molecule has 214 valence electrons. The van der Waals surface area contributed by atoms with Crippen molar-refractivity contribution < 1.29 is 34.5 Å². The van der Waals surface area contributed by atoms with Gasteiger partial charge in [0.2, 0.25) is 11.8 Å². The minimum atomic E-state index is -1.47. The van der Waals surface area contributed by atoms with E-state index in [0.29, 0.717) is 12.0 Å². The molecule has 6 N–H and O–H groups in total. The van der Waals surface area contributed by atoms with Gasteiger partial charge in [0.15, 0.2) is 6.10 Å². The van der Waals surface area contributed by atoms with Crippen LogP contribution in [0.5, 0.6) is 0 Å². The minimum Gasteiger partial charge on any atom is -0.481 e. The largest absolute Gasteiger partial charge is 0.481 e. The number of carboxylic acids is 1. The summed E-state index contributed by atoms with van der Waals surface area (Å²) in [6, 6.07) is 11.0. The lowest BCUT2D eigenvalue weighted by atomic mass is 9.95. The fraction of sp³-hybridized carbons (Fsp3) is 0.517. The second-order valence-electron chi connectivity index (χ2n) is 10.6. The summed E-state index contributed by atoms with van der Waals surface area (Å²) in [4.78, 5) is 49.0. The van der Waals surface area contributed by atoms with Gasteiger partial charge in [0.25, 0.3) is 5.91 Å². The predicted octanol–water partition coefficient (Wildman–Crippen LogP) is 2.28. The molecule has 0 bridgehead atoms. The SMILES string of the molecule is CC(C)C[C@H](NC(=O)C(O)c1cccc2ccccc12)[C@H](O)CC(=O)N[C@H](C(=O)NCCCC(=O)O)C(C)C. The molecule has 2 aromatic carbocycles. The molecule has 0 aliphatic rings. The van der Waals surface area contributed by atoms with Gasteiger partial charge in [-0.05, 0) is 41.0 Å². The molecule has 39 heavy (non-hydrogen) atoms. The maximum atomic E-state index is 13.0. The van der Waals surface area contributed by atoms with Gasteiger partial charge >= 0.3 is 5.97 Å². The molecular formula is C29H41N3O7. The third-order valence-corrected chi connectivity index (χ3v) is 6.41. The second kappa shape index (κ2) is 15.2. The maximum absolute atomic E-state index is 13.0. The normalized spacial score (nSPS) is 14.5. The number of aliphatic carboxylic acids is 1. The van der Waals surface area contributed by atoms with E-state index in [1.54, 1.807) is 26.0 Å². The van der Waals surface area contributed by atoms with Crippen LogP contribution in [-0.2, 0) is 19.2 Å². The van der Waals surface area contributed by atoms with Crippen LogP contribution in [0.4, 0.5) is 0 Å². The number of aliphatic hydroxyl groups is 2. The third kappa shape index (κ3) is 9.96. The number of carboxylic acid groups (broad SMARTS) is 1. The number of fused-ring (bicyclic) bond motifs is 1. The third-order valence-electron chi connectivity index (χ3n) is 6.41. The highest BCUT2D eigenvalue weighted by molar-refractivity contribution is 5.92. The van der Waals surface area contributed by atoms with Crippen molar-refractivity contribution in [1.29, 1.82) is 0 Å². The van der Waals surface area contributed by atoms with Crippen molar-refractivity contribution in [2.75, 3.05) is 6.54 Å². The van der Waals surface area contributed by atoms with Crippen LogP contribution in [0.3, 0.4) is 0 Å². The van der Waals surface area contributed by atoms with E-state index >= 15 is 0 Å². The van der Waals surface area contributed by atoms with Crippen molar-refractivity contribution in [3.63, 3.8) is 0 Å². The zero-order valence-corrected chi connectivity index (χ0v) is 23.0. The Hall–Kier alpha value is -3.50. The van der Waals surface area contributed by atoms with Crippen LogP contribution in [0.15, 0.2) is 42.5 Å². The van der Waals surface area contributed by atoms with Gasteiger partial charge in [-0.25, -0.2) is 0 Å². The highest BCUT2D eigenvalue weighted by Crippen LogP contribution is 2.25. The number of rotatable bonds is 15. The average Bonchev–Trinajstić information content (AvgIpc) is 2.87. The van der Waals surface area contributed by atoms with E-state index in [0.717, 1.165) is 10.8 Å². The van der Waals surface area contributed by atoms with E-state index in [1.165, 1.54) is 0 Å². The average molecular weight is 544 g/mol. The lowest BCUT2D eigenvalue weighted by Gasteiger charge is -2.28. The summed E-state index contributed by atoms with van der Waals surface area (Å²) >= 11 is 0. The Bertz CT molecular complexity index is 1130. The van der Waals surface area contributed by atoms with Crippen molar-refractivity contribution in [2.24, 2.45) is 11.8 Å². The molecule has 0 aliphatic carbocycles. The molecule has 10 heteroatoms. The number of carbonyl (C=O) groups excluding carboxylic acids is 3. The summed E-state index contributed by atoms with van der Waals surface area (Å²) in [5.41, 5.74) is 0.440. The van der Waals surface area contributed by atoms with Gasteiger partial charge in [-0.15, -0.1) is 0 Å². The molecule has 0 saturated heterocycles. The van der Waals surface area contributed by atoms with E-state index in [4.69, 9.17) is 5.11 Å². The molecule has 1 unspecified atom stereocenters. The zero-order chi connectivity index (χ0) is 29.1. The van der Waals surface area contributed by atoms with Gasteiger partial charge in [0, 0.05) is 13.0 Å². The summed E-state index contributed by atoms with van der Waals surface area (Å²) in [7, 11) is 0. The molecule has 0 radical (unpaired) electrons. The van der Waals surface area contributed by atoms with Crippen LogP contribution >= 0.6 is 0 Å². The van der Waals surface area contributed by atoms with E-state index in [9.17, 15) is 29.4 Å². The quantitative estimate of drug-likeness (QED) is 0.188. The van der Waals surface area contributed by atoms with Gasteiger partial charge in [-0.1, -0.05) is 70.2 Å². The fourth-order valence-corrected chi connectivity index (χ4v) is 4.37. The molecule has 0 saturated carbocycles. The molecule has 0 aliphatic heterocycles. The van der Waals surface area contributed by atoms with Crippen LogP contribution in [-0.4, -0.2) is 63.7 Å². The van der Waals surface area contributed by atoms with Crippen LogP contribution in [0.2, 0.25) is 0 Å². The number of amides is 3. The standard InChI is InChI=1S/C29H41N3O7/c1-17(2)15-22(31-29(39)27(37)21-12-7-10-19-9-5-6-11-20(19)21)23(33)16-24(34)32-26(18(3)4)28(38)30-14-8-13-25(35)36/h5-7,9-12,17-18,22-23,26-27,33,37H,8,13-16H2,1-4H3,(H,30,38)(H,31,39)(H,32,34)(H,35,36)/t22-,23+,26-,27?/m0/s1. The van der Waals surface area contributed by atoms with Gasteiger partial charge in [0.05, 0.1) is 18.6 Å². The van der Waals surface area contributed by atoms with Crippen molar-refractivity contribution in [3.8, 4) is 0 Å². The van der Waals surface area contributed by atoms with Crippen LogP contribution in [0, 0.1) is 11.8 Å². The lowest BCUT2D eigenvalue weighted by Crippen LogP contribution is -2.52. The zero-order valence-electron chi connectivity index (χ0n) is 23.0. The number of aliphatic hydroxyl groups excluding tert-OH is 2. The smallest absolute Gasteiger partial charge is 0.303 e. The Kier molecular flexibility index (Phi) is 12.3. The first-order chi connectivity index (χ1) is 18.4. The molecule has 2 rings (SSSR count).